The first kappa shape index (κ1) is 17.5. The van der Waals surface area contributed by atoms with Crippen LogP contribution in [0.3, 0.4) is 0 Å². The van der Waals surface area contributed by atoms with Crippen molar-refractivity contribution in [1.29, 1.82) is 0 Å². The normalized spacial score (nSPS) is 36.3. The minimum atomic E-state index is -0.438. The summed E-state index contributed by atoms with van der Waals surface area (Å²) in [7, 11) is 0. The van der Waals surface area contributed by atoms with Crippen LogP contribution in [0.2, 0.25) is 0 Å². The van der Waals surface area contributed by atoms with Gasteiger partial charge in [-0.3, -0.25) is 30.0 Å². The lowest BCUT2D eigenvalue weighted by molar-refractivity contribution is -0.535. The van der Waals surface area contributed by atoms with Gasteiger partial charge in [0.15, 0.2) is 0 Å². The van der Waals surface area contributed by atoms with Gasteiger partial charge in [-0.1, -0.05) is 12.8 Å². The van der Waals surface area contributed by atoms with E-state index < -0.39 is 12.1 Å². The molecule has 0 bridgehead atoms. The highest BCUT2D eigenvalue weighted by Crippen LogP contribution is 2.29. The molecule has 4 unspecified atom stereocenters. The Bertz CT molecular complexity index is 425. The lowest BCUT2D eigenvalue weighted by atomic mass is 9.88. The highest BCUT2D eigenvalue weighted by molar-refractivity contribution is 4.90. The molecule has 1 aliphatic heterocycles. The Labute approximate surface area is 142 Å². The minimum Gasteiger partial charge on any atom is -0.291 e. The van der Waals surface area contributed by atoms with Crippen LogP contribution in [-0.4, -0.2) is 70.0 Å². The van der Waals surface area contributed by atoms with E-state index >= 15 is 0 Å². The largest absolute Gasteiger partial charge is 0.291 e. The number of nitro groups is 2. The monoisotopic (exact) mass is 340 g/mol. The molecule has 0 radical (unpaired) electrons. The van der Waals surface area contributed by atoms with Gasteiger partial charge < -0.3 is 0 Å². The molecular formula is C16H28N4O4. The average molecular weight is 340 g/mol. The predicted molar refractivity (Wildman–Crippen MR) is 89.2 cm³/mol. The molecule has 4 atom stereocenters. The van der Waals surface area contributed by atoms with Crippen molar-refractivity contribution in [2.24, 2.45) is 0 Å². The third-order valence-corrected chi connectivity index (χ3v) is 6.22. The standard InChI is InChI=1S/C16H28N4O4/c21-19(22)15-7-3-1-5-13(15)17-9-11-18(12-10-17)14-6-2-4-8-16(14)20(23)24/h13-16H,1-12H2. The summed E-state index contributed by atoms with van der Waals surface area (Å²) in [5.74, 6) is 0. The fourth-order valence-electron chi connectivity index (χ4n) is 4.93. The number of piperazine rings is 1. The van der Waals surface area contributed by atoms with Crippen LogP contribution in [0.5, 0.6) is 0 Å². The summed E-state index contributed by atoms with van der Waals surface area (Å²) in [6.07, 6.45) is 7.24. The lowest BCUT2D eigenvalue weighted by Crippen LogP contribution is -2.60. The van der Waals surface area contributed by atoms with Crippen molar-refractivity contribution in [2.75, 3.05) is 26.2 Å². The minimum absolute atomic E-state index is 0.0496. The Hall–Kier alpha value is -1.28. The third kappa shape index (κ3) is 3.69. The van der Waals surface area contributed by atoms with Crippen molar-refractivity contribution in [2.45, 2.75) is 75.5 Å². The van der Waals surface area contributed by atoms with Gasteiger partial charge in [0.05, 0.1) is 12.1 Å². The molecule has 136 valence electrons. The van der Waals surface area contributed by atoms with Gasteiger partial charge in [0, 0.05) is 48.9 Å². The van der Waals surface area contributed by atoms with Crippen LogP contribution in [-0.2, 0) is 0 Å². The molecule has 1 heterocycles. The maximum atomic E-state index is 11.3. The van der Waals surface area contributed by atoms with Gasteiger partial charge in [0.1, 0.15) is 0 Å². The zero-order chi connectivity index (χ0) is 17.1. The Morgan fingerprint density at radius 3 is 1.29 bits per heavy atom. The molecule has 3 fully saturated rings. The van der Waals surface area contributed by atoms with Gasteiger partial charge in [0.25, 0.3) is 0 Å². The van der Waals surface area contributed by atoms with E-state index in [1.54, 1.807) is 0 Å². The fourth-order valence-corrected chi connectivity index (χ4v) is 4.93. The molecule has 0 amide bonds. The molecular weight excluding hydrogens is 312 g/mol. The topological polar surface area (TPSA) is 92.8 Å². The average Bonchev–Trinajstić information content (AvgIpc) is 2.62. The molecule has 0 aromatic rings. The smallest absolute Gasteiger partial charge is 0.228 e. The Morgan fingerprint density at radius 1 is 0.625 bits per heavy atom. The summed E-state index contributed by atoms with van der Waals surface area (Å²) in [5, 5.41) is 22.7. The number of rotatable bonds is 4. The van der Waals surface area contributed by atoms with Crippen molar-refractivity contribution < 1.29 is 9.85 Å². The second-order valence-corrected chi connectivity index (χ2v) is 7.48. The molecule has 2 aliphatic carbocycles. The third-order valence-electron chi connectivity index (χ3n) is 6.22. The zero-order valence-corrected chi connectivity index (χ0v) is 14.2. The Kier molecular flexibility index (Phi) is 5.65. The predicted octanol–water partition coefficient (Wildman–Crippen LogP) is 1.78. The van der Waals surface area contributed by atoms with E-state index in [9.17, 15) is 20.2 Å². The van der Waals surface area contributed by atoms with E-state index in [1.165, 1.54) is 0 Å². The van der Waals surface area contributed by atoms with Crippen molar-refractivity contribution in [3.05, 3.63) is 20.2 Å². The van der Waals surface area contributed by atoms with E-state index in [2.05, 4.69) is 9.80 Å². The maximum absolute atomic E-state index is 11.3. The first-order chi connectivity index (χ1) is 11.6. The SMILES string of the molecule is O=[N+]([O-])C1CCCCC1N1CCN(C2CCCCC2[N+](=O)[O-])CC1. The van der Waals surface area contributed by atoms with E-state index in [1.807, 2.05) is 0 Å². The zero-order valence-electron chi connectivity index (χ0n) is 14.2. The molecule has 24 heavy (non-hydrogen) atoms. The summed E-state index contributed by atoms with van der Waals surface area (Å²) < 4.78 is 0. The summed E-state index contributed by atoms with van der Waals surface area (Å²) in [6, 6.07) is -0.778. The maximum Gasteiger partial charge on any atom is 0.228 e. The van der Waals surface area contributed by atoms with Crippen LogP contribution in [0.15, 0.2) is 0 Å². The number of nitrogens with zero attached hydrogens (tertiary/aromatic N) is 4. The van der Waals surface area contributed by atoms with Gasteiger partial charge in [0.2, 0.25) is 12.1 Å². The van der Waals surface area contributed by atoms with Crippen molar-refractivity contribution in [1.82, 2.24) is 9.80 Å². The summed E-state index contributed by atoms with van der Waals surface area (Å²) in [4.78, 5) is 27.0. The summed E-state index contributed by atoms with van der Waals surface area (Å²) in [6.45, 7) is 3.21. The van der Waals surface area contributed by atoms with Crippen LogP contribution in [0, 0.1) is 20.2 Å². The second kappa shape index (κ2) is 7.74. The van der Waals surface area contributed by atoms with Crippen molar-refractivity contribution in [3.63, 3.8) is 0 Å². The Balaban J connectivity index is 1.58. The van der Waals surface area contributed by atoms with Gasteiger partial charge >= 0.3 is 0 Å². The molecule has 2 saturated carbocycles. The van der Waals surface area contributed by atoms with Gasteiger partial charge in [-0.2, -0.15) is 0 Å². The quantitative estimate of drug-likeness (QED) is 0.572. The molecule has 0 spiro atoms. The van der Waals surface area contributed by atoms with Gasteiger partial charge in [-0.25, -0.2) is 0 Å². The van der Waals surface area contributed by atoms with Crippen molar-refractivity contribution in [3.8, 4) is 0 Å². The molecule has 0 aromatic heterocycles. The van der Waals surface area contributed by atoms with Crippen LogP contribution in [0.25, 0.3) is 0 Å². The number of hydrogen-bond acceptors (Lipinski definition) is 6. The number of hydrogen-bond donors (Lipinski definition) is 0. The highest BCUT2D eigenvalue weighted by atomic mass is 16.6. The molecule has 8 heteroatoms. The van der Waals surface area contributed by atoms with Crippen LogP contribution >= 0.6 is 0 Å². The lowest BCUT2D eigenvalue weighted by Gasteiger charge is -2.44. The fraction of sp³-hybridized carbons (Fsp3) is 1.00. The van der Waals surface area contributed by atoms with Crippen LogP contribution in [0.1, 0.15) is 51.4 Å². The van der Waals surface area contributed by atoms with Crippen molar-refractivity contribution >= 4 is 0 Å². The summed E-state index contributed by atoms with van der Waals surface area (Å²) in [5.41, 5.74) is 0. The summed E-state index contributed by atoms with van der Waals surface area (Å²) >= 11 is 0. The van der Waals surface area contributed by atoms with Crippen LogP contribution < -0.4 is 0 Å². The van der Waals surface area contributed by atoms with E-state index in [0.717, 1.165) is 64.7 Å². The molecule has 1 saturated heterocycles. The molecule has 3 aliphatic rings. The molecule has 8 nitrogen and oxygen atoms in total. The second-order valence-electron chi connectivity index (χ2n) is 7.48. The molecule has 3 rings (SSSR count). The first-order valence-electron chi connectivity index (χ1n) is 9.33. The Morgan fingerprint density at radius 2 is 0.958 bits per heavy atom. The molecule has 0 aromatic carbocycles. The first-order valence-corrected chi connectivity index (χ1v) is 9.33. The molecule has 0 N–H and O–H groups in total. The van der Waals surface area contributed by atoms with Gasteiger partial charge in [-0.05, 0) is 25.7 Å². The van der Waals surface area contributed by atoms with E-state index in [-0.39, 0.29) is 21.9 Å². The van der Waals surface area contributed by atoms with Gasteiger partial charge in [-0.15, -0.1) is 0 Å². The van der Waals surface area contributed by atoms with E-state index in [4.69, 9.17) is 0 Å². The highest BCUT2D eigenvalue weighted by Gasteiger charge is 2.42. The van der Waals surface area contributed by atoms with Crippen LogP contribution in [0.4, 0.5) is 0 Å². The van der Waals surface area contributed by atoms with E-state index in [0.29, 0.717) is 12.8 Å².